The van der Waals surface area contributed by atoms with E-state index in [1.807, 2.05) is 31.2 Å². The van der Waals surface area contributed by atoms with Crippen LogP contribution >= 0.6 is 11.6 Å². The van der Waals surface area contributed by atoms with E-state index < -0.39 is 0 Å². The standard InChI is InChI=1S/C22H25ClFN3O2/c1-15(16-4-7-20(29-2)8-5-16)25-26-22(28)17-9-11-27(12-10-17)14-18-3-6-19(24)13-21(18)23/h3-8,13,17H,9-12,14H2,1-2H3,(H,26,28)/b25-15+. The third-order valence-corrected chi connectivity index (χ3v) is 5.56. The highest BCUT2D eigenvalue weighted by Crippen LogP contribution is 2.23. The van der Waals surface area contributed by atoms with Gasteiger partial charge in [0, 0.05) is 17.5 Å². The SMILES string of the molecule is COc1ccc(/C(C)=N/NC(=O)C2CCN(Cc3ccc(F)cc3Cl)CC2)cc1. The second kappa shape index (κ2) is 9.85. The van der Waals surface area contributed by atoms with E-state index in [0.717, 1.165) is 48.5 Å². The molecule has 7 heteroatoms. The number of likely N-dealkylation sites (tertiary alicyclic amines) is 1. The zero-order valence-electron chi connectivity index (χ0n) is 16.6. The normalized spacial score (nSPS) is 15.9. The van der Waals surface area contributed by atoms with Crippen LogP contribution in [-0.2, 0) is 11.3 Å². The molecule has 1 aliphatic heterocycles. The monoisotopic (exact) mass is 417 g/mol. The van der Waals surface area contributed by atoms with Crippen LogP contribution in [0.15, 0.2) is 47.6 Å². The summed E-state index contributed by atoms with van der Waals surface area (Å²) in [5, 5.41) is 4.68. The number of benzene rings is 2. The van der Waals surface area contributed by atoms with Crippen molar-refractivity contribution in [3.8, 4) is 5.75 Å². The molecule has 1 saturated heterocycles. The van der Waals surface area contributed by atoms with Gasteiger partial charge in [-0.2, -0.15) is 5.10 Å². The molecule has 1 amide bonds. The first-order valence-electron chi connectivity index (χ1n) is 9.61. The first kappa shape index (κ1) is 21.3. The number of carbonyl (C=O) groups excluding carboxylic acids is 1. The van der Waals surface area contributed by atoms with Crippen LogP contribution in [-0.4, -0.2) is 36.7 Å². The average molecular weight is 418 g/mol. The molecule has 2 aromatic rings. The molecular weight excluding hydrogens is 393 g/mol. The summed E-state index contributed by atoms with van der Waals surface area (Å²) in [6.45, 7) is 4.08. The van der Waals surface area contributed by atoms with Crippen molar-refractivity contribution in [2.24, 2.45) is 11.0 Å². The second-order valence-corrected chi connectivity index (χ2v) is 7.60. The first-order valence-corrected chi connectivity index (χ1v) is 9.99. The van der Waals surface area contributed by atoms with Crippen LogP contribution in [0.5, 0.6) is 5.75 Å². The number of rotatable bonds is 6. The van der Waals surface area contributed by atoms with E-state index in [2.05, 4.69) is 15.4 Å². The van der Waals surface area contributed by atoms with E-state index in [4.69, 9.17) is 16.3 Å². The number of carbonyl (C=O) groups is 1. The molecule has 0 aromatic heterocycles. The van der Waals surface area contributed by atoms with Gasteiger partial charge in [0.1, 0.15) is 11.6 Å². The van der Waals surface area contributed by atoms with Crippen molar-refractivity contribution >= 4 is 23.2 Å². The fraction of sp³-hybridized carbons (Fsp3) is 0.364. The highest BCUT2D eigenvalue weighted by Gasteiger charge is 2.25. The molecule has 1 aliphatic rings. The van der Waals surface area contributed by atoms with Crippen molar-refractivity contribution in [1.29, 1.82) is 0 Å². The minimum absolute atomic E-state index is 0.0580. The maximum Gasteiger partial charge on any atom is 0.243 e. The molecule has 0 saturated carbocycles. The molecule has 154 valence electrons. The number of amides is 1. The highest BCUT2D eigenvalue weighted by molar-refractivity contribution is 6.31. The van der Waals surface area contributed by atoms with Gasteiger partial charge in [0.15, 0.2) is 0 Å². The van der Waals surface area contributed by atoms with Crippen LogP contribution in [0.3, 0.4) is 0 Å². The van der Waals surface area contributed by atoms with Gasteiger partial charge < -0.3 is 4.74 Å². The largest absolute Gasteiger partial charge is 0.497 e. The minimum Gasteiger partial charge on any atom is -0.497 e. The quantitative estimate of drug-likeness (QED) is 0.565. The molecule has 1 heterocycles. The Morgan fingerprint density at radius 3 is 2.55 bits per heavy atom. The third kappa shape index (κ3) is 5.78. The van der Waals surface area contributed by atoms with Gasteiger partial charge in [-0.05, 0) is 80.4 Å². The molecule has 0 spiro atoms. The molecule has 3 rings (SSSR count). The smallest absolute Gasteiger partial charge is 0.243 e. The molecule has 5 nitrogen and oxygen atoms in total. The summed E-state index contributed by atoms with van der Waals surface area (Å²) in [5.41, 5.74) is 5.26. The van der Waals surface area contributed by atoms with Crippen molar-refractivity contribution < 1.29 is 13.9 Å². The van der Waals surface area contributed by atoms with Gasteiger partial charge in [0.2, 0.25) is 5.91 Å². The fourth-order valence-corrected chi connectivity index (χ4v) is 3.60. The van der Waals surface area contributed by atoms with E-state index in [1.165, 1.54) is 12.1 Å². The fourth-order valence-electron chi connectivity index (χ4n) is 3.37. The lowest BCUT2D eigenvalue weighted by atomic mass is 9.96. The summed E-state index contributed by atoms with van der Waals surface area (Å²) < 4.78 is 18.3. The lowest BCUT2D eigenvalue weighted by molar-refractivity contribution is -0.126. The molecule has 0 unspecified atom stereocenters. The van der Waals surface area contributed by atoms with Gasteiger partial charge in [-0.25, -0.2) is 9.82 Å². The van der Waals surface area contributed by atoms with Crippen LogP contribution in [0.25, 0.3) is 0 Å². The van der Waals surface area contributed by atoms with Crippen molar-refractivity contribution in [3.63, 3.8) is 0 Å². The predicted molar refractivity (Wildman–Crippen MR) is 113 cm³/mol. The summed E-state index contributed by atoms with van der Waals surface area (Å²) in [4.78, 5) is 14.7. The number of ether oxygens (including phenoxy) is 1. The Morgan fingerprint density at radius 1 is 1.24 bits per heavy atom. The zero-order valence-corrected chi connectivity index (χ0v) is 17.4. The highest BCUT2D eigenvalue weighted by atomic mass is 35.5. The number of hydrogen-bond acceptors (Lipinski definition) is 4. The second-order valence-electron chi connectivity index (χ2n) is 7.19. The molecular formula is C22H25ClFN3O2. The first-order chi connectivity index (χ1) is 14.0. The summed E-state index contributed by atoms with van der Waals surface area (Å²) >= 11 is 6.11. The molecule has 0 radical (unpaired) electrons. The lowest BCUT2D eigenvalue weighted by Crippen LogP contribution is -2.39. The Hall–Kier alpha value is -2.44. The number of hydrazone groups is 1. The van der Waals surface area contributed by atoms with Crippen molar-refractivity contribution in [2.45, 2.75) is 26.3 Å². The Morgan fingerprint density at radius 2 is 1.93 bits per heavy atom. The maximum absolute atomic E-state index is 13.2. The van der Waals surface area contributed by atoms with Crippen LogP contribution < -0.4 is 10.2 Å². The number of nitrogens with one attached hydrogen (secondary N) is 1. The predicted octanol–water partition coefficient (Wildman–Crippen LogP) is 4.24. The summed E-state index contributed by atoms with van der Waals surface area (Å²) in [6.07, 6.45) is 1.50. The van der Waals surface area contributed by atoms with Crippen LogP contribution in [0.4, 0.5) is 4.39 Å². The van der Waals surface area contributed by atoms with Gasteiger partial charge >= 0.3 is 0 Å². The van der Waals surface area contributed by atoms with Gasteiger partial charge in [-0.15, -0.1) is 0 Å². The summed E-state index contributed by atoms with van der Waals surface area (Å²) in [7, 11) is 1.62. The Kier molecular flexibility index (Phi) is 7.23. The number of nitrogens with zero attached hydrogens (tertiary/aromatic N) is 2. The van der Waals surface area contributed by atoms with Gasteiger partial charge in [0.25, 0.3) is 0 Å². The van der Waals surface area contributed by atoms with Crippen LogP contribution in [0, 0.1) is 11.7 Å². The molecule has 0 bridgehead atoms. The number of methoxy groups -OCH3 is 1. The Labute approximate surface area is 175 Å². The molecule has 1 N–H and O–H groups in total. The third-order valence-electron chi connectivity index (χ3n) is 5.21. The van der Waals surface area contributed by atoms with Crippen LogP contribution in [0.2, 0.25) is 5.02 Å². The minimum atomic E-state index is -0.334. The lowest BCUT2D eigenvalue weighted by Gasteiger charge is -2.31. The molecule has 29 heavy (non-hydrogen) atoms. The zero-order chi connectivity index (χ0) is 20.8. The topological polar surface area (TPSA) is 53.9 Å². The van der Waals surface area contributed by atoms with E-state index in [1.54, 1.807) is 13.2 Å². The molecule has 0 atom stereocenters. The van der Waals surface area contributed by atoms with Crippen LogP contribution in [0.1, 0.15) is 30.9 Å². The summed E-state index contributed by atoms with van der Waals surface area (Å²) in [5.74, 6) is 0.318. The maximum atomic E-state index is 13.2. The molecule has 1 fully saturated rings. The van der Waals surface area contributed by atoms with Crippen molar-refractivity contribution in [2.75, 3.05) is 20.2 Å². The Bertz CT molecular complexity index is 878. The number of piperidine rings is 1. The van der Waals surface area contributed by atoms with Crippen molar-refractivity contribution in [3.05, 3.63) is 64.4 Å². The van der Waals surface area contributed by atoms with E-state index in [-0.39, 0.29) is 17.6 Å². The van der Waals surface area contributed by atoms with E-state index in [0.29, 0.717) is 11.6 Å². The van der Waals surface area contributed by atoms with Gasteiger partial charge in [0.05, 0.1) is 12.8 Å². The number of halogens is 2. The molecule has 0 aliphatic carbocycles. The molecule has 2 aromatic carbocycles. The van der Waals surface area contributed by atoms with E-state index in [9.17, 15) is 9.18 Å². The summed E-state index contributed by atoms with van der Waals surface area (Å²) in [6, 6.07) is 12.0. The number of hydrogen-bond donors (Lipinski definition) is 1. The average Bonchev–Trinajstić information content (AvgIpc) is 2.74. The Balaban J connectivity index is 1.49. The van der Waals surface area contributed by atoms with Crippen molar-refractivity contribution in [1.82, 2.24) is 10.3 Å². The van der Waals surface area contributed by atoms with Gasteiger partial charge in [-0.1, -0.05) is 17.7 Å². The van der Waals surface area contributed by atoms with Gasteiger partial charge in [-0.3, -0.25) is 9.69 Å². The van der Waals surface area contributed by atoms with E-state index >= 15 is 0 Å².